The minimum Gasteiger partial charge on any atom is -0.396 e. The van der Waals surface area contributed by atoms with Crippen LogP contribution in [0.1, 0.15) is 24.9 Å². The van der Waals surface area contributed by atoms with Crippen molar-refractivity contribution < 1.29 is 9.90 Å². The van der Waals surface area contributed by atoms with Crippen molar-refractivity contribution in [1.29, 1.82) is 0 Å². The Kier molecular flexibility index (Phi) is 5.80. The quantitative estimate of drug-likeness (QED) is 0.707. The number of urea groups is 1. The molecule has 2 amide bonds. The lowest BCUT2D eigenvalue weighted by atomic mass is 10.1. The summed E-state index contributed by atoms with van der Waals surface area (Å²) in [5, 5.41) is 14.7. The van der Waals surface area contributed by atoms with Gasteiger partial charge in [-0.15, -0.1) is 0 Å². The van der Waals surface area contributed by atoms with E-state index in [4.69, 9.17) is 16.7 Å². The Hall–Kier alpha value is -1.26. The van der Waals surface area contributed by atoms with Gasteiger partial charge in [-0.2, -0.15) is 0 Å². The average molecular weight is 257 g/mol. The van der Waals surface area contributed by atoms with E-state index in [1.54, 1.807) is 6.07 Å². The van der Waals surface area contributed by atoms with Crippen LogP contribution in [0, 0.1) is 0 Å². The van der Waals surface area contributed by atoms with Gasteiger partial charge in [-0.05, 0) is 25.0 Å². The minimum absolute atomic E-state index is 0.0698. The second kappa shape index (κ2) is 7.14. The first kappa shape index (κ1) is 13.8. The predicted molar refractivity (Wildman–Crippen MR) is 68.1 cm³/mol. The molecule has 0 bridgehead atoms. The summed E-state index contributed by atoms with van der Waals surface area (Å²) in [6.07, 6.45) is 0.549. The fourth-order valence-corrected chi connectivity index (χ4v) is 1.73. The maximum Gasteiger partial charge on any atom is 0.315 e. The van der Waals surface area contributed by atoms with E-state index in [9.17, 15) is 4.79 Å². The van der Waals surface area contributed by atoms with Gasteiger partial charge >= 0.3 is 6.03 Å². The van der Waals surface area contributed by atoms with Crippen LogP contribution in [0.5, 0.6) is 0 Å². The molecule has 4 nitrogen and oxygen atoms in total. The molecule has 0 aromatic heterocycles. The molecule has 0 aliphatic rings. The Balaban J connectivity index is 2.46. The summed E-state index contributed by atoms with van der Waals surface area (Å²) in [6, 6.07) is 6.98. The van der Waals surface area contributed by atoms with Crippen molar-refractivity contribution >= 4 is 17.6 Å². The Labute approximate surface area is 106 Å². The largest absolute Gasteiger partial charge is 0.396 e. The molecule has 3 N–H and O–H groups in total. The molecule has 94 valence electrons. The van der Waals surface area contributed by atoms with Gasteiger partial charge in [0.25, 0.3) is 0 Å². The number of rotatable bonds is 5. The molecule has 0 fully saturated rings. The lowest BCUT2D eigenvalue weighted by Crippen LogP contribution is -2.37. The number of carbonyl (C=O) groups excluding carboxylic acids is 1. The molecule has 0 spiro atoms. The van der Waals surface area contributed by atoms with E-state index in [-0.39, 0.29) is 18.7 Å². The fraction of sp³-hybridized carbons (Fsp3) is 0.417. The van der Waals surface area contributed by atoms with Crippen molar-refractivity contribution in [3.63, 3.8) is 0 Å². The van der Waals surface area contributed by atoms with Gasteiger partial charge in [0.2, 0.25) is 0 Å². The van der Waals surface area contributed by atoms with Crippen molar-refractivity contribution in [2.24, 2.45) is 0 Å². The van der Waals surface area contributed by atoms with Crippen molar-refractivity contribution in [1.82, 2.24) is 10.6 Å². The number of hydrogen-bond acceptors (Lipinski definition) is 2. The fourth-order valence-electron chi connectivity index (χ4n) is 1.43. The molecule has 1 aromatic rings. The van der Waals surface area contributed by atoms with E-state index >= 15 is 0 Å². The normalized spacial score (nSPS) is 11.9. The third-order valence-corrected chi connectivity index (χ3v) is 2.68. The molecule has 1 rings (SSSR count). The van der Waals surface area contributed by atoms with Crippen LogP contribution in [-0.2, 0) is 0 Å². The number of amides is 2. The third-order valence-electron chi connectivity index (χ3n) is 2.34. The van der Waals surface area contributed by atoms with Crippen LogP contribution in [0.4, 0.5) is 4.79 Å². The standard InChI is InChI=1S/C12H17ClN2O2/c1-9(10-5-2-3-6-11(10)13)15-12(17)14-7-4-8-16/h2-3,5-6,9,16H,4,7-8H2,1H3,(H2,14,15,17). The number of aliphatic hydroxyl groups excluding tert-OH is 1. The number of carbonyl (C=O) groups is 1. The summed E-state index contributed by atoms with van der Waals surface area (Å²) >= 11 is 6.02. The van der Waals surface area contributed by atoms with Crippen LogP contribution in [0.25, 0.3) is 0 Å². The van der Waals surface area contributed by atoms with E-state index in [2.05, 4.69) is 10.6 Å². The van der Waals surface area contributed by atoms with Gasteiger partial charge in [0.05, 0.1) is 6.04 Å². The second-order valence-corrected chi connectivity index (χ2v) is 4.13. The van der Waals surface area contributed by atoms with Crippen molar-refractivity contribution in [3.8, 4) is 0 Å². The van der Waals surface area contributed by atoms with E-state index in [1.807, 2.05) is 25.1 Å². The number of aliphatic hydroxyl groups is 1. The van der Waals surface area contributed by atoms with Gasteiger partial charge in [0.1, 0.15) is 0 Å². The summed E-state index contributed by atoms with van der Waals surface area (Å²) in [5.41, 5.74) is 0.881. The lowest BCUT2D eigenvalue weighted by molar-refractivity contribution is 0.235. The number of benzene rings is 1. The second-order valence-electron chi connectivity index (χ2n) is 3.72. The van der Waals surface area contributed by atoms with Crippen LogP contribution in [0.15, 0.2) is 24.3 Å². The molecular formula is C12H17ClN2O2. The first-order valence-electron chi connectivity index (χ1n) is 5.54. The van der Waals surface area contributed by atoms with Crippen LogP contribution in [0.3, 0.4) is 0 Å². The Morgan fingerprint density at radius 3 is 2.82 bits per heavy atom. The topological polar surface area (TPSA) is 61.4 Å². The highest BCUT2D eigenvalue weighted by Crippen LogP contribution is 2.21. The Bertz CT molecular complexity index is 371. The molecule has 0 saturated heterocycles. The summed E-state index contributed by atoms with van der Waals surface area (Å²) in [6.45, 7) is 2.39. The molecule has 5 heteroatoms. The summed E-state index contributed by atoms with van der Waals surface area (Å²) in [7, 11) is 0. The van der Waals surface area contributed by atoms with E-state index < -0.39 is 0 Å². The van der Waals surface area contributed by atoms with E-state index in [0.29, 0.717) is 18.0 Å². The van der Waals surface area contributed by atoms with Crippen molar-refractivity contribution in [2.45, 2.75) is 19.4 Å². The average Bonchev–Trinajstić information content (AvgIpc) is 2.29. The van der Waals surface area contributed by atoms with Crippen molar-refractivity contribution in [2.75, 3.05) is 13.2 Å². The number of halogens is 1. The monoisotopic (exact) mass is 256 g/mol. The zero-order chi connectivity index (χ0) is 12.7. The van der Waals surface area contributed by atoms with Gasteiger partial charge in [-0.3, -0.25) is 0 Å². The molecule has 0 aliphatic carbocycles. The zero-order valence-electron chi connectivity index (χ0n) is 9.74. The highest BCUT2D eigenvalue weighted by atomic mass is 35.5. The Morgan fingerprint density at radius 2 is 2.18 bits per heavy atom. The van der Waals surface area contributed by atoms with Gasteiger partial charge in [-0.25, -0.2) is 4.79 Å². The molecule has 0 aliphatic heterocycles. The van der Waals surface area contributed by atoms with Crippen LogP contribution in [-0.4, -0.2) is 24.3 Å². The zero-order valence-corrected chi connectivity index (χ0v) is 10.5. The van der Waals surface area contributed by atoms with Crippen LogP contribution < -0.4 is 10.6 Å². The molecular weight excluding hydrogens is 240 g/mol. The van der Waals surface area contributed by atoms with E-state index in [1.165, 1.54) is 0 Å². The highest BCUT2D eigenvalue weighted by molar-refractivity contribution is 6.31. The molecule has 1 unspecified atom stereocenters. The first-order chi connectivity index (χ1) is 8.15. The summed E-state index contributed by atoms with van der Waals surface area (Å²) < 4.78 is 0. The Morgan fingerprint density at radius 1 is 1.47 bits per heavy atom. The lowest BCUT2D eigenvalue weighted by Gasteiger charge is -2.16. The smallest absolute Gasteiger partial charge is 0.315 e. The SMILES string of the molecule is CC(NC(=O)NCCCO)c1ccccc1Cl. The molecule has 1 atom stereocenters. The molecule has 17 heavy (non-hydrogen) atoms. The first-order valence-corrected chi connectivity index (χ1v) is 5.92. The number of nitrogens with one attached hydrogen (secondary N) is 2. The third kappa shape index (κ3) is 4.63. The summed E-state index contributed by atoms with van der Waals surface area (Å²) in [4.78, 5) is 11.5. The molecule has 0 heterocycles. The van der Waals surface area contributed by atoms with Gasteiger partial charge < -0.3 is 15.7 Å². The van der Waals surface area contributed by atoms with Gasteiger partial charge in [0.15, 0.2) is 0 Å². The minimum atomic E-state index is -0.258. The number of hydrogen-bond donors (Lipinski definition) is 3. The highest BCUT2D eigenvalue weighted by Gasteiger charge is 2.11. The van der Waals surface area contributed by atoms with E-state index in [0.717, 1.165) is 5.56 Å². The van der Waals surface area contributed by atoms with Crippen molar-refractivity contribution in [3.05, 3.63) is 34.9 Å². The van der Waals surface area contributed by atoms with Crippen LogP contribution >= 0.6 is 11.6 Å². The maximum absolute atomic E-state index is 11.5. The van der Waals surface area contributed by atoms with Crippen LogP contribution in [0.2, 0.25) is 5.02 Å². The van der Waals surface area contributed by atoms with Gasteiger partial charge in [0, 0.05) is 18.2 Å². The summed E-state index contributed by atoms with van der Waals surface area (Å²) in [5.74, 6) is 0. The van der Waals surface area contributed by atoms with Gasteiger partial charge in [-0.1, -0.05) is 29.8 Å². The molecule has 1 aromatic carbocycles. The predicted octanol–water partition coefficient (Wildman–Crippen LogP) is 2.08. The maximum atomic E-state index is 11.5. The molecule has 0 radical (unpaired) electrons. The molecule has 0 saturated carbocycles.